The van der Waals surface area contributed by atoms with Gasteiger partial charge in [0, 0.05) is 13.1 Å². The fourth-order valence-electron chi connectivity index (χ4n) is 1.74. The van der Waals surface area contributed by atoms with Crippen molar-refractivity contribution in [3.8, 4) is 0 Å². The lowest BCUT2D eigenvalue weighted by molar-refractivity contribution is -0.137. The standard InChI is InChI=1S/C14H18F4N2O/c1-2-3-4-5-19-13(21)20-9-10-6-11(14(16,17)18)8-12(15)7-10/h6-8H,2-5,9H2,1H3,(H2,19,20,21). The quantitative estimate of drug-likeness (QED) is 0.608. The van der Waals surface area contributed by atoms with Crippen LogP contribution < -0.4 is 10.6 Å². The average molecular weight is 306 g/mol. The maximum atomic E-state index is 13.1. The van der Waals surface area contributed by atoms with Crippen molar-refractivity contribution >= 4 is 6.03 Å². The molecule has 0 atom stereocenters. The first-order valence-electron chi connectivity index (χ1n) is 6.71. The molecule has 7 heteroatoms. The smallest absolute Gasteiger partial charge is 0.338 e. The summed E-state index contributed by atoms with van der Waals surface area (Å²) in [4.78, 5) is 11.4. The summed E-state index contributed by atoms with van der Waals surface area (Å²) in [5.74, 6) is -0.982. The molecule has 0 bridgehead atoms. The van der Waals surface area contributed by atoms with Gasteiger partial charge in [0.15, 0.2) is 0 Å². The van der Waals surface area contributed by atoms with Gasteiger partial charge in [-0.1, -0.05) is 19.8 Å². The highest BCUT2D eigenvalue weighted by molar-refractivity contribution is 5.73. The molecular formula is C14H18F4N2O. The third-order valence-electron chi connectivity index (χ3n) is 2.80. The highest BCUT2D eigenvalue weighted by Crippen LogP contribution is 2.30. The average Bonchev–Trinajstić information content (AvgIpc) is 2.40. The van der Waals surface area contributed by atoms with E-state index in [1.807, 2.05) is 6.92 Å². The van der Waals surface area contributed by atoms with Crippen LogP contribution >= 0.6 is 0 Å². The van der Waals surface area contributed by atoms with E-state index in [4.69, 9.17) is 0 Å². The SMILES string of the molecule is CCCCCNC(=O)NCc1cc(F)cc(C(F)(F)F)c1. The third kappa shape index (κ3) is 6.46. The van der Waals surface area contributed by atoms with Crippen molar-refractivity contribution in [2.75, 3.05) is 6.54 Å². The molecule has 118 valence electrons. The molecule has 0 fully saturated rings. The molecule has 0 saturated heterocycles. The van der Waals surface area contributed by atoms with Crippen LogP contribution in [0, 0.1) is 5.82 Å². The minimum Gasteiger partial charge on any atom is -0.338 e. The zero-order valence-corrected chi connectivity index (χ0v) is 11.7. The lowest BCUT2D eigenvalue weighted by atomic mass is 10.1. The Morgan fingerprint density at radius 3 is 2.48 bits per heavy atom. The van der Waals surface area contributed by atoms with Gasteiger partial charge in [-0.25, -0.2) is 9.18 Å². The lowest BCUT2D eigenvalue weighted by Gasteiger charge is -2.11. The summed E-state index contributed by atoms with van der Waals surface area (Å²) in [5.41, 5.74) is -1.01. The van der Waals surface area contributed by atoms with Crippen molar-refractivity contribution in [2.45, 2.75) is 38.9 Å². The van der Waals surface area contributed by atoms with Gasteiger partial charge in [0.2, 0.25) is 0 Å². The number of nitrogens with one attached hydrogen (secondary N) is 2. The number of hydrogen-bond donors (Lipinski definition) is 2. The number of benzene rings is 1. The van der Waals surface area contributed by atoms with Crippen LogP contribution in [0.25, 0.3) is 0 Å². The summed E-state index contributed by atoms with van der Waals surface area (Å²) >= 11 is 0. The van der Waals surface area contributed by atoms with E-state index in [1.165, 1.54) is 0 Å². The number of carbonyl (C=O) groups is 1. The van der Waals surface area contributed by atoms with E-state index < -0.39 is 23.6 Å². The first-order chi connectivity index (χ1) is 9.82. The monoisotopic (exact) mass is 306 g/mol. The van der Waals surface area contributed by atoms with Crippen LogP contribution in [0.5, 0.6) is 0 Å². The van der Waals surface area contributed by atoms with Crippen LogP contribution in [0.15, 0.2) is 18.2 Å². The molecule has 3 nitrogen and oxygen atoms in total. The Morgan fingerprint density at radius 2 is 1.86 bits per heavy atom. The Hall–Kier alpha value is -1.79. The van der Waals surface area contributed by atoms with Gasteiger partial charge >= 0.3 is 12.2 Å². The molecule has 0 aliphatic rings. The normalized spacial score (nSPS) is 11.3. The van der Waals surface area contributed by atoms with Crippen molar-refractivity contribution < 1.29 is 22.4 Å². The Labute approximate surface area is 120 Å². The number of halogens is 4. The lowest BCUT2D eigenvalue weighted by Crippen LogP contribution is -2.35. The molecule has 1 aromatic carbocycles. The van der Waals surface area contributed by atoms with Gasteiger partial charge in [-0.15, -0.1) is 0 Å². The zero-order valence-electron chi connectivity index (χ0n) is 11.7. The van der Waals surface area contributed by atoms with E-state index >= 15 is 0 Å². The molecule has 0 aliphatic heterocycles. The number of urea groups is 1. The van der Waals surface area contributed by atoms with Gasteiger partial charge in [0.05, 0.1) is 5.56 Å². The van der Waals surface area contributed by atoms with Crippen molar-refractivity contribution in [2.24, 2.45) is 0 Å². The first kappa shape index (κ1) is 17.3. The second-order valence-electron chi connectivity index (χ2n) is 4.66. The van der Waals surface area contributed by atoms with Crippen LogP contribution in [-0.4, -0.2) is 12.6 Å². The van der Waals surface area contributed by atoms with Crippen molar-refractivity contribution in [3.63, 3.8) is 0 Å². The second-order valence-corrected chi connectivity index (χ2v) is 4.66. The van der Waals surface area contributed by atoms with Crippen molar-refractivity contribution in [3.05, 3.63) is 35.1 Å². The van der Waals surface area contributed by atoms with Crippen LogP contribution in [-0.2, 0) is 12.7 Å². The van der Waals surface area contributed by atoms with E-state index in [0.29, 0.717) is 12.6 Å². The molecule has 0 heterocycles. The summed E-state index contributed by atoms with van der Waals surface area (Å²) in [6.07, 6.45) is -1.77. The van der Waals surface area contributed by atoms with Crippen molar-refractivity contribution in [1.29, 1.82) is 0 Å². The highest BCUT2D eigenvalue weighted by atomic mass is 19.4. The van der Waals surface area contributed by atoms with Crippen molar-refractivity contribution in [1.82, 2.24) is 10.6 Å². The molecule has 2 N–H and O–H groups in total. The predicted molar refractivity (Wildman–Crippen MR) is 71.2 cm³/mol. The molecule has 21 heavy (non-hydrogen) atoms. The number of amides is 2. The molecule has 0 radical (unpaired) electrons. The fraction of sp³-hybridized carbons (Fsp3) is 0.500. The molecule has 0 saturated carbocycles. The molecule has 1 aromatic rings. The number of alkyl halides is 3. The van der Waals surface area contributed by atoms with E-state index in [9.17, 15) is 22.4 Å². The summed E-state index contributed by atoms with van der Waals surface area (Å²) in [6, 6.07) is 1.73. The largest absolute Gasteiger partial charge is 0.416 e. The Morgan fingerprint density at radius 1 is 1.14 bits per heavy atom. The molecular weight excluding hydrogens is 288 g/mol. The van der Waals surface area contributed by atoms with E-state index in [2.05, 4.69) is 10.6 Å². The molecule has 0 unspecified atom stereocenters. The molecule has 1 rings (SSSR count). The predicted octanol–water partition coefficient (Wildman–Crippen LogP) is 3.83. The maximum Gasteiger partial charge on any atom is 0.416 e. The van der Waals surface area contributed by atoms with Crippen LogP contribution in [0.3, 0.4) is 0 Å². The zero-order chi connectivity index (χ0) is 15.9. The molecule has 0 aromatic heterocycles. The number of hydrogen-bond acceptors (Lipinski definition) is 1. The Kier molecular flexibility index (Phi) is 6.45. The summed E-state index contributed by atoms with van der Waals surface area (Å²) in [6.45, 7) is 2.36. The third-order valence-corrected chi connectivity index (χ3v) is 2.80. The second kappa shape index (κ2) is 7.85. The van der Waals surface area contributed by atoms with Crippen LogP contribution in [0.4, 0.5) is 22.4 Å². The number of rotatable bonds is 6. The Bertz CT molecular complexity index is 475. The molecule has 0 spiro atoms. The topological polar surface area (TPSA) is 41.1 Å². The number of unbranched alkanes of at least 4 members (excludes halogenated alkanes) is 2. The van der Waals surface area contributed by atoms with E-state index in [0.717, 1.165) is 31.4 Å². The van der Waals surface area contributed by atoms with Gasteiger partial charge in [-0.3, -0.25) is 0 Å². The fourth-order valence-corrected chi connectivity index (χ4v) is 1.74. The van der Waals surface area contributed by atoms with Gasteiger partial charge in [-0.2, -0.15) is 13.2 Å². The van der Waals surface area contributed by atoms with E-state index in [1.54, 1.807) is 0 Å². The molecule has 0 aliphatic carbocycles. The maximum absolute atomic E-state index is 13.1. The van der Waals surface area contributed by atoms with Crippen LogP contribution in [0.1, 0.15) is 37.3 Å². The highest BCUT2D eigenvalue weighted by Gasteiger charge is 2.31. The number of carbonyl (C=O) groups excluding carboxylic acids is 1. The molecule has 2 amide bonds. The van der Waals surface area contributed by atoms with Gasteiger partial charge in [-0.05, 0) is 30.2 Å². The van der Waals surface area contributed by atoms with Crippen LogP contribution in [0.2, 0.25) is 0 Å². The Balaban J connectivity index is 2.52. The van der Waals surface area contributed by atoms with Gasteiger partial charge < -0.3 is 10.6 Å². The minimum atomic E-state index is -4.61. The first-order valence-corrected chi connectivity index (χ1v) is 6.71. The van der Waals surface area contributed by atoms with E-state index in [-0.39, 0.29) is 12.1 Å². The summed E-state index contributed by atoms with van der Waals surface area (Å²) < 4.78 is 50.7. The summed E-state index contributed by atoms with van der Waals surface area (Å²) in [5, 5.41) is 4.98. The van der Waals surface area contributed by atoms with Gasteiger partial charge in [0.25, 0.3) is 0 Å². The summed E-state index contributed by atoms with van der Waals surface area (Å²) in [7, 11) is 0. The van der Waals surface area contributed by atoms with Gasteiger partial charge in [0.1, 0.15) is 5.82 Å². The minimum absolute atomic E-state index is 0.0611.